The number of rotatable bonds is 4. The Morgan fingerprint density at radius 1 is 1.11 bits per heavy atom. The molecule has 1 atom stereocenters. The van der Waals surface area contributed by atoms with Crippen molar-refractivity contribution in [2.75, 3.05) is 0 Å². The van der Waals surface area contributed by atoms with Crippen molar-refractivity contribution in [3.05, 3.63) is 47.0 Å². The SMILES string of the molecule is Cc1nc(C)n(CC(O)c2ccc(C(C)C)cc2)n1. The van der Waals surface area contributed by atoms with Gasteiger partial charge in [-0.3, -0.25) is 0 Å². The first kappa shape index (κ1) is 13.7. The number of hydrogen-bond acceptors (Lipinski definition) is 3. The zero-order valence-corrected chi connectivity index (χ0v) is 12.0. The Morgan fingerprint density at radius 2 is 1.68 bits per heavy atom. The van der Waals surface area contributed by atoms with Crippen molar-refractivity contribution in [1.29, 1.82) is 0 Å². The molecule has 0 aliphatic rings. The van der Waals surface area contributed by atoms with E-state index in [0.717, 1.165) is 17.2 Å². The smallest absolute Gasteiger partial charge is 0.147 e. The number of aryl methyl sites for hydroxylation is 2. The quantitative estimate of drug-likeness (QED) is 0.918. The largest absolute Gasteiger partial charge is 0.386 e. The molecule has 19 heavy (non-hydrogen) atoms. The average Bonchev–Trinajstić information content (AvgIpc) is 2.68. The zero-order valence-electron chi connectivity index (χ0n) is 12.0. The van der Waals surface area contributed by atoms with E-state index in [-0.39, 0.29) is 0 Å². The summed E-state index contributed by atoms with van der Waals surface area (Å²) < 4.78 is 1.75. The summed E-state index contributed by atoms with van der Waals surface area (Å²) in [5.41, 5.74) is 2.20. The third-order valence-corrected chi connectivity index (χ3v) is 3.30. The third-order valence-electron chi connectivity index (χ3n) is 3.30. The van der Waals surface area contributed by atoms with Crippen molar-refractivity contribution in [1.82, 2.24) is 14.8 Å². The van der Waals surface area contributed by atoms with Crippen molar-refractivity contribution in [2.24, 2.45) is 0 Å². The maximum atomic E-state index is 10.2. The third kappa shape index (κ3) is 3.20. The van der Waals surface area contributed by atoms with Crippen LogP contribution < -0.4 is 0 Å². The molecule has 102 valence electrons. The molecule has 2 aromatic rings. The Hall–Kier alpha value is -1.68. The highest BCUT2D eigenvalue weighted by atomic mass is 16.3. The van der Waals surface area contributed by atoms with Gasteiger partial charge in [0.2, 0.25) is 0 Å². The van der Waals surface area contributed by atoms with E-state index < -0.39 is 6.10 Å². The number of benzene rings is 1. The van der Waals surface area contributed by atoms with Gasteiger partial charge in [-0.2, -0.15) is 5.10 Å². The van der Waals surface area contributed by atoms with Crippen LogP contribution in [0.5, 0.6) is 0 Å². The molecule has 2 rings (SSSR count). The molecule has 1 heterocycles. The van der Waals surface area contributed by atoms with Crippen LogP contribution in [0.1, 0.15) is 48.6 Å². The molecule has 0 radical (unpaired) electrons. The first-order valence-electron chi connectivity index (χ1n) is 6.63. The second kappa shape index (κ2) is 5.53. The van der Waals surface area contributed by atoms with Gasteiger partial charge in [-0.1, -0.05) is 38.1 Å². The number of aliphatic hydroxyl groups is 1. The lowest BCUT2D eigenvalue weighted by Crippen LogP contribution is -2.11. The lowest BCUT2D eigenvalue weighted by Gasteiger charge is -2.13. The van der Waals surface area contributed by atoms with Crippen LogP contribution in [0.15, 0.2) is 24.3 Å². The van der Waals surface area contributed by atoms with Gasteiger partial charge in [0.25, 0.3) is 0 Å². The van der Waals surface area contributed by atoms with Gasteiger partial charge in [0.15, 0.2) is 0 Å². The van der Waals surface area contributed by atoms with E-state index in [0.29, 0.717) is 12.5 Å². The van der Waals surface area contributed by atoms with E-state index >= 15 is 0 Å². The molecule has 1 unspecified atom stereocenters. The van der Waals surface area contributed by atoms with Crippen molar-refractivity contribution in [3.63, 3.8) is 0 Å². The minimum Gasteiger partial charge on any atom is -0.386 e. The molecular formula is C15H21N3O. The van der Waals surface area contributed by atoms with E-state index in [1.165, 1.54) is 5.56 Å². The Morgan fingerprint density at radius 3 is 2.16 bits per heavy atom. The van der Waals surface area contributed by atoms with Crippen LogP contribution in [-0.4, -0.2) is 19.9 Å². The van der Waals surface area contributed by atoms with Crippen molar-refractivity contribution in [2.45, 2.75) is 46.3 Å². The topological polar surface area (TPSA) is 50.9 Å². The van der Waals surface area contributed by atoms with Crippen LogP contribution in [0.25, 0.3) is 0 Å². The lowest BCUT2D eigenvalue weighted by atomic mass is 10.00. The fourth-order valence-corrected chi connectivity index (χ4v) is 2.11. The minimum absolute atomic E-state index is 0.438. The number of aromatic nitrogens is 3. The van der Waals surface area contributed by atoms with Crippen LogP contribution in [0.2, 0.25) is 0 Å². The molecule has 0 saturated heterocycles. The molecule has 0 spiro atoms. The second-order valence-corrected chi connectivity index (χ2v) is 5.23. The summed E-state index contributed by atoms with van der Waals surface area (Å²) in [7, 11) is 0. The van der Waals surface area contributed by atoms with Gasteiger partial charge in [0.05, 0.1) is 12.6 Å². The highest BCUT2D eigenvalue weighted by Crippen LogP contribution is 2.20. The van der Waals surface area contributed by atoms with Crippen molar-refractivity contribution >= 4 is 0 Å². The van der Waals surface area contributed by atoms with Gasteiger partial charge in [-0.25, -0.2) is 9.67 Å². The molecule has 0 fully saturated rings. The highest BCUT2D eigenvalue weighted by molar-refractivity contribution is 5.26. The van der Waals surface area contributed by atoms with Gasteiger partial charge in [-0.05, 0) is 30.9 Å². The van der Waals surface area contributed by atoms with Crippen LogP contribution in [0.4, 0.5) is 0 Å². The normalized spacial score (nSPS) is 12.9. The first-order chi connectivity index (χ1) is 8.97. The van der Waals surface area contributed by atoms with Crippen LogP contribution in [0, 0.1) is 13.8 Å². The molecule has 1 aromatic carbocycles. The number of hydrogen-bond donors (Lipinski definition) is 1. The van der Waals surface area contributed by atoms with E-state index in [1.54, 1.807) is 4.68 Å². The Kier molecular flexibility index (Phi) is 4.00. The molecule has 0 bridgehead atoms. The summed E-state index contributed by atoms with van der Waals surface area (Å²) in [5, 5.41) is 14.5. The van der Waals surface area contributed by atoms with Crippen LogP contribution in [0.3, 0.4) is 0 Å². The second-order valence-electron chi connectivity index (χ2n) is 5.23. The van der Waals surface area contributed by atoms with Crippen LogP contribution in [-0.2, 0) is 6.54 Å². The predicted octanol–water partition coefficient (Wildman–Crippen LogP) is 2.75. The summed E-state index contributed by atoms with van der Waals surface area (Å²) in [4.78, 5) is 4.24. The molecule has 0 amide bonds. The predicted molar refractivity (Wildman–Crippen MR) is 75.0 cm³/mol. The van der Waals surface area contributed by atoms with E-state index in [9.17, 15) is 5.11 Å². The van der Waals surface area contributed by atoms with E-state index in [2.05, 4.69) is 36.1 Å². The standard InChI is InChI=1S/C15H21N3O/c1-10(2)13-5-7-14(8-6-13)15(19)9-18-12(4)16-11(3)17-18/h5-8,10,15,19H,9H2,1-4H3. The summed E-state index contributed by atoms with van der Waals surface area (Å²) in [6, 6.07) is 8.11. The molecule has 4 nitrogen and oxygen atoms in total. The number of aliphatic hydroxyl groups excluding tert-OH is 1. The molecule has 1 N–H and O–H groups in total. The lowest BCUT2D eigenvalue weighted by molar-refractivity contribution is 0.150. The van der Waals surface area contributed by atoms with E-state index in [1.807, 2.05) is 26.0 Å². The maximum absolute atomic E-state index is 10.2. The minimum atomic E-state index is -0.555. The summed E-state index contributed by atoms with van der Waals surface area (Å²) in [6.07, 6.45) is -0.555. The Balaban J connectivity index is 2.11. The first-order valence-corrected chi connectivity index (χ1v) is 6.63. The summed E-state index contributed by atoms with van der Waals surface area (Å²) in [5.74, 6) is 2.07. The van der Waals surface area contributed by atoms with Crippen LogP contribution >= 0.6 is 0 Å². The molecule has 0 aliphatic heterocycles. The average molecular weight is 259 g/mol. The van der Waals surface area contributed by atoms with Gasteiger partial charge in [-0.15, -0.1) is 0 Å². The molecule has 0 saturated carbocycles. The summed E-state index contributed by atoms with van der Waals surface area (Å²) in [6.45, 7) is 8.51. The monoisotopic (exact) mass is 259 g/mol. The Labute approximate surface area is 114 Å². The maximum Gasteiger partial charge on any atom is 0.147 e. The van der Waals surface area contributed by atoms with E-state index in [4.69, 9.17) is 0 Å². The molecule has 1 aromatic heterocycles. The Bertz CT molecular complexity index is 543. The zero-order chi connectivity index (χ0) is 14.0. The summed E-state index contributed by atoms with van der Waals surface area (Å²) >= 11 is 0. The van der Waals surface area contributed by atoms with Crippen molar-refractivity contribution < 1.29 is 5.11 Å². The fraction of sp³-hybridized carbons (Fsp3) is 0.467. The molecular weight excluding hydrogens is 238 g/mol. The van der Waals surface area contributed by atoms with Gasteiger partial charge < -0.3 is 5.11 Å². The highest BCUT2D eigenvalue weighted by Gasteiger charge is 2.12. The van der Waals surface area contributed by atoms with Gasteiger partial charge in [0.1, 0.15) is 11.6 Å². The molecule has 4 heteroatoms. The fourth-order valence-electron chi connectivity index (χ4n) is 2.11. The molecule has 0 aliphatic carbocycles. The van der Waals surface area contributed by atoms with Gasteiger partial charge >= 0.3 is 0 Å². The van der Waals surface area contributed by atoms with Crippen molar-refractivity contribution in [3.8, 4) is 0 Å². The van der Waals surface area contributed by atoms with Gasteiger partial charge in [0, 0.05) is 0 Å². The number of nitrogens with zero attached hydrogens (tertiary/aromatic N) is 3.